The van der Waals surface area contributed by atoms with E-state index in [1.54, 1.807) is 10.9 Å². The molecule has 1 aliphatic heterocycles. The molecule has 7 nitrogen and oxygen atoms in total. The number of rotatable bonds is 3. The molecule has 1 aromatic heterocycles. The number of nitrogens with one attached hydrogen (secondary N) is 1. The van der Waals surface area contributed by atoms with Crippen LogP contribution < -0.4 is 16.0 Å². The Hall–Kier alpha value is -1.76. The Balaban J connectivity index is 1.79. The Morgan fingerprint density at radius 1 is 1.58 bits per heavy atom. The van der Waals surface area contributed by atoms with E-state index in [1.807, 2.05) is 11.9 Å². The zero-order chi connectivity index (χ0) is 13.4. The smallest absolute Gasteiger partial charge is 0.245 e. The Labute approximate surface area is 111 Å². The van der Waals surface area contributed by atoms with Crippen molar-refractivity contribution in [1.29, 1.82) is 0 Å². The molecular weight excluding hydrogens is 246 g/mol. The maximum Gasteiger partial charge on any atom is 0.245 e. The lowest BCUT2D eigenvalue weighted by molar-refractivity contribution is -0.124. The number of nitrogen functional groups attached to an aromatic ring is 1. The molecule has 0 spiro atoms. The highest BCUT2D eigenvalue weighted by molar-refractivity contribution is 5.86. The number of nitrogens with two attached hydrogens (primary N) is 1. The van der Waals surface area contributed by atoms with E-state index in [-0.39, 0.29) is 11.9 Å². The molecule has 104 valence electrons. The van der Waals surface area contributed by atoms with E-state index < -0.39 is 0 Å². The number of nitrogens with zero attached hydrogens (tertiary/aromatic N) is 3. The van der Waals surface area contributed by atoms with Gasteiger partial charge in [0.05, 0.1) is 18.9 Å². The third-order valence-corrected chi connectivity index (χ3v) is 3.46. The van der Waals surface area contributed by atoms with E-state index in [1.165, 1.54) is 0 Å². The summed E-state index contributed by atoms with van der Waals surface area (Å²) >= 11 is 0. The van der Waals surface area contributed by atoms with Gasteiger partial charge in [0.2, 0.25) is 5.91 Å². The molecule has 2 heterocycles. The number of aromatic nitrogens is 2. The van der Waals surface area contributed by atoms with E-state index in [0.717, 1.165) is 12.8 Å². The molecule has 0 radical (unpaired) electrons. The van der Waals surface area contributed by atoms with Gasteiger partial charge in [-0.15, -0.1) is 0 Å². The summed E-state index contributed by atoms with van der Waals surface area (Å²) < 4.78 is 7.09. The monoisotopic (exact) mass is 265 g/mol. The molecule has 0 bridgehead atoms. The number of anilines is 2. The average molecular weight is 265 g/mol. The third-order valence-electron chi connectivity index (χ3n) is 3.46. The second kappa shape index (κ2) is 4.73. The highest BCUT2D eigenvalue weighted by Gasteiger charge is 2.34. The van der Waals surface area contributed by atoms with Crippen LogP contribution in [0.2, 0.25) is 0 Å². The van der Waals surface area contributed by atoms with Crippen molar-refractivity contribution >= 4 is 17.4 Å². The highest BCUT2D eigenvalue weighted by atomic mass is 16.5. The lowest BCUT2D eigenvalue weighted by Crippen LogP contribution is -2.54. The fourth-order valence-electron chi connectivity index (χ4n) is 2.32. The SMILES string of the molecule is Cn1cc(N)c(N2CCOCC2C(=O)NC2CC2)n1. The first kappa shape index (κ1) is 12.3. The van der Waals surface area contributed by atoms with Crippen LogP contribution in [0.15, 0.2) is 6.20 Å². The first-order valence-corrected chi connectivity index (χ1v) is 6.59. The van der Waals surface area contributed by atoms with Crippen molar-refractivity contribution in [3.63, 3.8) is 0 Å². The Morgan fingerprint density at radius 2 is 2.37 bits per heavy atom. The van der Waals surface area contributed by atoms with Crippen molar-refractivity contribution in [3.8, 4) is 0 Å². The van der Waals surface area contributed by atoms with Crippen LogP contribution in [0.3, 0.4) is 0 Å². The summed E-state index contributed by atoms with van der Waals surface area (Å²) in [6, 6.07) is 0.00362. The summed E-state index contributed by atoms with van der Waals surface area (Å²) in [7, 11) is 1.82. The van der Waals surface area contributed by atoms with E-state index >= 15 is 0 Å². The standard InChI is InChI=1S/C12H19N5O2/c1-16-6-9(13)11(15-16)17-4-5-19-7-10(17)12(18)14-8-2-3-8/h6,8,10H,2-5,7,13H2,1H3,(H,14,18). The van der Waals surface area contributed by atoms with Gasteiger partial charge in [0.25, 0.3) is 0 Å². The lowest BCUT2D eigenvalue weighted by Gasteiger charge is -2.35. The summed E-state index contributed by atoms with van der Waals surface area (Å²) in [5.74, 6) is 0.675. The van der Waals surface area contributed by atoms with Crippen LogP contribution >= 0.6 is 0 Å². The molecule has 1 atom stereocenters. The van der Waals surface area contributed by atoms with Crippen LogP contribution in [-0.4, -0.2) is 47.5 Å². The quantitative estimate of drug-likeness (QED) is 0.768. The van der Waals surface area contributed by atoms with Crippen LogP contribution in [0.4, 0.5) is 11.5 Å². The fourth-order valence-corrected chi connectivity index (χ4v) is 2.32. The Bertz CT molecular complexity index is 482. The molecule has 3 N–H and O–H groups in total. The van der Waals surface area contributed by atoms with Crippen molar-refractivity contribution in [2.24, 2.45) is 7.05 Å². The molecule has 1 amide bonds. The van der Waals surface area contributed by atoms with Gasteiger partial charge in [-0.25, -0.2) is 0 Å². The van der Waals surface area contributed by atoms with Gasteiger partial charge in [-0.2, -0.15) is 5.10 Å². The van der Waals surface area contributed by atoms with Crippen molar-refractivity contribution in [3.05, 3.63) is 6.20 Å². The molecule has 1 aromatic rings. The zero-order valence-electron chi connectivity index (χ0n) is 11.0. The third kappa shape index (κ3) is 2.51. The minimum atomic E-state index is -0.341. The van der Waals surface area contributed by atoms with E-state index in [9.17, 15) is 4.79 Å². The molecule has 3 rings (SSSR count). The highest BCUT2D eigenvalue weighted by Crippen LogP contribution is 2.25. The minimum Gasteiger partial charge on any atom is -0.394 e. The number of hydrogen-bond acceptors (Lipinski definition) is 5. The maximum absolute atomic E-state index is 12.2. The molecule has 2 fully saturated rings. The number of amides is 1. The topological polar surface area (TPSA) is 85.4 Å². The van der Waals surface area contributed by atoms with Gasteiger partial charge in [0.15, 0.2) is 5.82 Å². The van der Waals surface area contributed by atoms with Crippen molar-refractivity contribution < 1.29 is 9.53 Å². The summed E-state index contributed by atoms with van der Waals surface area (Å²) in [6.45, 7) is 1.60. The molecule has 7 heteroatoms. The predicted molar refractivity (Wildman–Crippen MR) is 70.7 cm³/mol. The van der Waals surface area contributed by atoms with Gasteiger partial charge in [-0.3, -0.25) is 9.48 Å². The largest absolute Gasteiger partial charge is 0.394 e. The predicted octanol–water partition coefficient (Wildman–Crippen LogP) is -0.514. The minimum absolute atomic E-state index is 0.00672. The average Bonchev–Trinajstić information content (AvgIpc) is 3.13. The summed E-state index contributed by atoms with van der Waals surface area (Å²) in [4.78, 5) is 14.2. The Morgan fingerprint density at radius 3 is 3.00 bits per heavy atom. The molecule has 19 heavy (non-hydrogen) atoms. The number of carbonyl (C=O) groups excluding carboxylic acids is 1. The van der Waals surface area contributed by atoms with Crippen LogP contribution in [0.25, 0.3) is 0 Å². The van der Waals surface area contributed by atoms with Gasteiger partial charge in [-0.05, 0) is 12.8 Å². The van der Waals surface area contributed by atoms with Crippen LogP contribution in [0, 0.1) is 0 Å². The first-order valence-electron chi connectivity index (χ1n) is 6.59. The number of morpholine rings is 1. The molecule has 1 saturated heterocycles. The number of ether oxygens (including phenoxy) is 1. The van der Waals surface area contributed by atoms with Gasteiger partial charge in [0.1, 0.15) is 6.04 Å². The fraction of sp³-hybridized carbons (Fsp3) is 0.667. The number of carbonyl (C=O) groups is 1. The maximum atomic E-state index is 12.2. The van der Waals surface area contributed by atoms with E-state index in [2.05, 4.69) is 10.4 Å². The van der Waals surface area contributed by atoms with E-state index in [4.69, 9.17) is 10.5 Å². The van der Waals surface area contributed by atoms with Crippen LogP contribution in [-0.2, 0) is 16.6 Å². The van der Waals surface area contributed by atoms with Gasteiger partial charge in [-0.1, -0.05) is 0 Å². The number of hydrogen-bond donors (Lipinski definition) is 2. The van der Waals surface area contributed by atoms with Crippen LogP contribution in [0.1, 0.15) is 12.8 Å². The summed E-state index contributed by atoms with van der Waals surface area (Å²) in [5, 5.41) is 7.36. The van der Waals surface area contributed by atoms with Gasteiger partial charge in [0, 0.05) is 25.8 Å². The molecule has 0 aromatic carbocycles. The van der Waals surface area contributed by atoms with E-state index in [0.29, 0.717) is 37.3 Å². The van der Waals surface area contributed by atoms with Crippen molar-refractivity contribution in [2.75, 3.05) is 30.4 Å². The summed E-state index contributed by atoms with van der Waals surface area (Å²) in [5.41, 5.74) is 6.54. The lowest BCUT2D eigenvalue weighted by atomic mass is 10.2. The Kier molecular flexibility index (Phi) is 3.06. The zero-order valence-corrected chi connectivity index (χ0v) is 11.0. The summed E-state index contributed by atoms with van der Waals surface area (Å²) in [6.07, 6.45) is 3.90. The molecule has 1 aliphatic carbocycles. The molecule has 1 unspecified atom stereocenters. The van der Waals surface area contributed by atoms with Gasteiger partial charge < -0.3 is 20.7 Å². The second-order valence-electron chi connectivity index (χ2n) is 5.15. The first-order chi connectivity index (χ1) is 9.15. The van der Waals surface area contributed by atoms with Crippen molar-refractivity contribution in [1.82, 2.24) is 15.1 Å². The van der Waals surface area contributed by atoms with Gasteiger partial charge >= 0.3 is 0 Å². The number of aryl methyl sites for hydroxylation is 1. The molecule has 1 saturated carbocycles. The second-order valence-corrected chi connectivity index (χ2v) is 5.15. The van der Waals surface area contributed by atoms with Crippen LogP contribution in [0.5, 0.6) is 0 Å². The normalized spacial score (nSPS) is 23.4. The van der Waals surface area contributed by atoms with Crippen molar-refractivity contribution in [2.45, 2.75) is 24.9 Å². The molecule has 2 aliphatic rings. The molecular formula is C12H19N5O2.